The Bertz CT molecular complexity index is 665. The van der Waals surface area contributed by atoms with E-state index in [1.807, 2.05) is 19.1 Å². The van der Waals surface area contributed by atoms with Crippen molar-refractivity contribution in [1.82, 2.24) is 20.0 Å². The Kier molecular flexibility index (Phi) is 6.18. The highest BCUT2D eigenvalue weighted by molar-refractivity contribution is 5.53. The van der Waals surface area contributed by atoms with Gasteiger partial charge in [-0.15, -0.1) is 10.2 Å². The molecule has 0 spiro atoms. The van der Waals surface area contributed by atoms with Crippen molar-refractivity contribution < 1.29 is 9.15 Å². The van der Waals surface area contributed by atoms with Gasteiger partial charge in [0.05, 0.1) is 12.6 Å². The third-order valence-corrected chi connectivity index (χ3v) is 4.77. The van der Waals surface area contributed by atoms with Crippen LogP contribution in [0.1, 0.15) is 31.3 Å². The third-order valence-electron chi connectivity index (χ3n) is 4.77. The fourth-order valence-corrected chi connectivity index (χ4v) is 3.17. The Balaban J connectivity index is 1.56. The van der Waals surface area contributed by atoms with E-state index in [0.29, 0.717) is 11.8 Å². The molecule has 0 unspecified atom stereocenters. The average Bonchev–Trinajstić information content (AvgIpc) is 3.12. The van der Waals surface area contributed by atoms with E-state index < -0.39 is 0 Å². The first kappa shape index (κ1) is 18.0. The Hall–Kier alpha value is -1.76. The lowest BCUT2D eigenvalue weighted by molar-refractivity contribution is 0.0622. The molecular formula is C19H28N4O2. The summed E-state index contributed by atoms with van der Waals surface area (Å²) in [5.74, 6) is 1.29. The topological polar surface area (TPSA) is 54.6 Å². The zero-order chi connectivity index (χ0) is 17.6. The minimum Gasteiger partial charge on any atom is -0.419 e. The monoisotopic (exact) mass is 344 g/mol. The second-order valence-electron chi connectivity index (χ2n) is 6.57. The summed E-state index contributed by atoms with van der Waals surface area (Å²) >= 11 is 0. The molecule has 136 valence electrons. The molecule has 0 radical (unpaired) electrons. The summed E-state index contributed by atoms with van der Waals surface area (Å²) in [5.41, 5.74) is 2.17. The van der Waals surface area contributed by atoms with Crippen molar-refractivity contribution in [3.05, 3.63) is 35.7 Å². The largest absolute Gasteiger partial charge is 0.419 e. The number of nitrogens with zero attached hydrogens (tertiary/aromatic N) is 4. The maximum Gasteiger partial charge on any atom is 0.247 e. The second-order valence-corrected chi connectivity index (χ2v) is 6.57. The van der Waals surface area contributed by atoms with Crippen LogP contribution in [0.25, 0.3) is 11.5 Å². The Labute approximate surface area is 149 Å². The van der Waals surface area contributed by atoms with Crippen LogP contribution < -0.4 is 0 Å². The molecule has 1 aromatic heterocycles. The number of ether oxygens (including phenoxy) is 1. The zero-order valence-electron chi connectivity index (χ0n) is 15.4. The number of rotatable bonds is 7. The van der Waals surface area contributed by atoms with Gasteiger partial charge in [0.1, 0.15) is 0 Å². The Morgan fingerprint density at radius 2 is 2.00 bits per heavy atom. The third kappa shape index (κ3) is 4.66. The van der Waals surface area contributed by atoms with Crippen LogP contribution in [0.3, 0.4) is 0 Å². The SMILES string of the molecule is CCOCCN1CCN([C@H](C)c2nnc(-c3cccc(C)c3)o2)CC1. The van der Waals surface area contributed by atoms with Crippen LogP contribution in [0.4, 0.5) is 0 Å². The molecule has 25 heavy (non-hydrogen) atoms. The standard InChI is InChI=1S/C19H28N4O2/c1-4-24-13-12-22-8-10-23(11-9-22)16(3)18-20-21-19(25-18)17-7-5-6-15(2)14-17/h5-7,14,16H,4,8-13H2,1-3H3/t16-/m1/s1. The van der Waals surface area contributed by atoms with Crippen LogP contribution in [-0.4, -0.2) is 65.9 Å². The predicted octanol–water partition coefficient (Wildman–Crippen LogP) is 2.76. The quantitative estimate of drug-likeness (QED) is 0.720. The van der Waals surface area contributed by atoms with E-state index in [0.717, 1.165) is 51.5 Å². The van der Waals surface area contributed by atoms with Gasteiger partial charge in [-0.1, -0.05) is 17.7 Å². The van der Waals surface area contributed by atoms with E-state index in [1.165, 1.54) is 5.56 Å². The molecule has 3 rings (SSSR count). The molecule has 2 heterocycles. The highest BCUT2D eigenvalue weighted by atomic mass is 16.5. The minimum absolute atomic E-state index is 0.139. The minimum atomic E-state index is 0.139. The Morgan fingerprint density at radius 3 is 2.72 bits per heavy atom. The average molecular weight is 344 g/mol. The van der Waals surface area contributed by atoms with Crippen molar-refractivity contribution in [2.24, 2.45) is 0 Å². The zero-order valence-corrected chi connectivity index (χ0v) is 15.4. The van der Waals surface area contributed by atoms with Crippen molar-refractivity contribution in [3.8, 4) is 11.5 Å². The predicted molar refractivity (Wildman–Crippen MR) is 97.4 cm³/mol. The van der Waals surface area contributed by atoms with Crippen LogP contribution in [0.2, 0.25) is 0 Å². The van der Waals surface area contributed by atoms with Gasteiger partial charge in [0.2, 0.25) is 11.8 Å². The van der Waals surface area contributed by atoms with Gasteiger partial charge in [0.25, 0.3) is 0 Å². The fraction of sp³-hybridized carbons (Fsp3) is 0.579. The van der Waals surface area contributed by atoms with Gasteiger partial charge in [0.15, 0.2) is 0 Å². The van der Waals surface area contributed by atoms with Crippen molar-refractivity contribution in [2.75, 3.05) is 45.9 Å². The van der Waals surface area contributed by atoms with Gasteiger partial charge in [-0.25, -0.2) is 0 Å². The molecule has 0 saturated carbocycles. The van der Waals surface area contributed by atoms with Crippen molar-refractivity contribution in [3.63, 3.8) is 0 Å². The molecule has 1 saturated heterocycles. The van der Waals surface area contributed by atoms with E-state index in [-0.39, 0.29) is 6.04 Å². The number of aromatic nitrogens is 2. The molecule has 6 heteroatoms. The summed E-state index contributed by atoms with van der Waals surface area (Å²) in [6.07, 6.45) is 0. The molecule has 1 atom stereocenters. The molecule has 6 nitrogen and oxygen atoms in total. The molecule has 1 fully saturated rings. The van der Waals surface area contributed by atoms with E-state index in [2.05, 4.69) is 46.0 Å². The van der Waals surface area contributed by atoms with Crippen LogP contribution in [0.5, 0.6) is 0 Å². The van der Waals surface area contributed by atoms with Crippen molar-refractivity contribution >= 4 is 0 Å². The van der Waals surface area contributed by atoms with Gasteiger partial charge in [-0.3, -0.25) is 9.80 Å². The van der Waals surface area contributed by atoms with Crippen LogP contribution in [0, 0.1) is 6.92 Å². The maximum absolute atomic E-state index is 5.95. The number of hydrogen-bond acceptors (Lipinski definition) is 6. The first-order valence-corrected chi connectivity index (χ1v) is 9.12. The van der Waals surface area contributed by atoms with Crippen molar-refractivity contribution in [1.29, 1.82) is 0 Å². The van der Waals surface area contributed by atoms with E-state index >= 15 is 0 Å². The van der Waals surface area contributed by atoms with E-state index in [1.54, 1.807) is 0 Å². The van der Waals surface area contributed by atoms with Gasteiger partial charge < -0.3 is 9.15 Å². The number of hydrogen-bond donors (Lipinski definition) is 0. The summed E-state index contributed by atoms with van der Waals surface area (Å²) in [6, 6.07) is 8.29. The summed E-state index contributed by atoms with van der Waals surface area (Å²) in [4.78, 5) is 4.86. The molecule has 1 aliphatic rings. The van der Waals surface area contributed by atoms with Crippen LogP contribution in [-0.2, 0) is 4.74 Å². The van der Waals surface area contributed by atoms with Crippen LogP contribution >= 0.6 is 0 Å². The summed E-state index contributed by atoms with van der Waals surface area (Å²) in [5, 5.41) is 8.52. The summed E-state index contributed by atoms with van der Waals surface area (Å²) in [7, 11) is 0. The smallest absolute Gasteiger partial charge is 0.247 e. The van der Waals surface area contributed by atoms with Crippen LogP contribution in [0.15, 0.2) is 28.7 Å². The summed E-state index contributed by atoms with van der Waals surface area (Å²) < 4.78 is 11.4. The van der Waals surface area contributed by atoms with E-state index in [4.69, 9.17) is 9.15 Å². The molecule has 2 aromatic rings. The molecule has 0 bridgehead atoms. The summed E-state index contributed by atoms with van der Waals surface area (Å²) in [6.45, 7) is 13.0. The number of aryl methyl sites for hydroxylation is 1. The molecule has 0 amide bonds. The number of benzene rings is 1. The van der Waals surface area contributed by atoms with Gasteiger partial charge >= 0.3 is 0 Å². The van der Waals surface area contributed by atoms with E-state index in [9.17, 15) is 0 Å². The fourth-order valence-electron chi connectivity index (χ4n) is 3.17. The number of piperazine rings is 1. The lowest BCUT2D eigenvalue weighted by atomic mass is 10.1. The highest BCUT2D eigenvalue weighted by Crippen LogP contribution is 2.25. The van der Waals surface area contributed by atoms with Gasteiger partial charge in [-0.2, -0.15) is 0 Å². The molecule has 0 aliphatic carbocycles. The first-order chi connectivity index (χ1) is 12.2. The van der Waals surface area contributed by atoms with Gasteiger partial charge in [0, 0.05) is 44.9 Å². The highest BCUT2D eigenvalue weighted by Gasteiger charge is 2.25. The molecular weight excluding hydrogens is 316 g/mol. The van der Waals surface area contributed by atoms with Crippen molar-refractivity contribution in [2.45, 2.75) is 26.8 Å². The Morgan fingerprint density at radius 1 is 1.20 bits per heavy atom. The lowest BCUT2D eigenvalue weighted by Crippen LogP contribution is -2.48. The second kappa shape index (κ2) is 8.56. The van der Waals surface area contributed by atoms with Gasteiger partial charge in [-0.05, 0) is 32.9 Å². The lowest BCUT2D eigenvalue weighted by Gasteiger charge is -2.36. The first-order valence-electron chi connectivity index (χ1n) is 9.12. The maximum atomic E-state index is 5.95. The molecule has 0 N–H and O–H groups in total. The molecule has 1 aliphatic heterocycles. The molecule has 1 aromatic carbocycles. The normalized spacial score (nSPS) is 17.7.